The Morgan fingerprint density at radius 2 is 1.81 bits per heavy atom. The van der Waals surface area contributed by atoms with Crippen LogP contribution in [0.4, 0.5) is 0 Å². The minimum Gasteiger partial charge on any atom is -0.484 e. The van der Waals surface area contributed by atoms with Gasteiger partial charge in [-0.15, -0.1) is 0 Å². The number of ether oxygens (including phenoxy) is 1. The van der Waals surface area contributed by atoms with Crippen molar-refractivity contribution in [3.8, 4) is 5.75 Å². The summed E-state index contributed by atoms with van der Waals surface area (Å²) >= 11 is 0. The summed E-state index contributed by atoms with van der Waals surface area (Å²) in [5.41, 5.74) is 8.54. The molecule has 0 saturated carbocycles. The second-order valence-corrected chi connectivity index (χ2v) is 5.62. The largest absolute Gasteiger partial charge is 0.484 e. The molecule has 1 heterocycles. The summed E-state index contributed by atoms with van der Waals surface area (Å²) in [5, 5.41) is 0. The van der Waals surface area contributed by atoms with Crippen LogP contribution in [-0.2, 0) is 0 Å². The van der Waals surface area contributed by atoms with Crippen LogP contribution in [0.5, 0.6) is 5.75 Å². The number of aromatic nitrogens is 1. The van der Waals surface area contributed by atoms with Crippen molar-refractivity contribution in [2.24, 2.45) is 5.73 Å². The lowest BCUT2D eigenvalue weighted by atomic mass is 10.0. The summed E-state index contributed by atoms with van der Waals surface area (Å²) in [4.78, 5) is 4.17. The summed E-state index contributed by atoms with van der Waals surface area (Å²) in [5.74, 6) is 1.36. The molecule has 2 atom stereocenters. The van der Waals surface area contributed by atoms with Crippen LogP contribution >= 0.6 is 0 Å². The van der Waals surface area contributed by atoms with E-state index in [1.165, 1.54) is 5.56 Å². The van der Waals surface area contributed by atoms with E-state index in [1.54, 1.807) is 6.20 Å². The summed E-state index contributed by atoms with van der Waals surface area (Å²) in [6.45, 7) is 6.43. The highest BCUT2D eigenvalue weighted by molar-refractivity contribution is 5.30. The Labute approximate surface area is 127 Å². The first kappa shape index (κ1) is 15.5. The SMILES string of the molecule is CCC(N)C(Oc1ccc(C(C)C)cc1)c1cccnc1. The van der Waals surface area contributed by atoms with Crippen LogP contribution in [0.3, 0.4) is 0 Å². The van der Waals surface area contributed by atoms with Gasteiger partial charge in [-0.05, 0) is 36.1 Å². The fraction of sp³-hybridized carbons (Fsp3) is 0.389. The van der Waals surface area contributed by atoms with Crippen molar-refractivity contribution in [1.29, 1.82) is 0 Å². The molecular formula is C18H24N2O. The van der Waals surface area contributed by atoms with E-state index < -0.39 is 0 Å². The van der Waals surface area contributed by atoms with Crippen molar-refractivity contribution in [2.45, 2.75) is 45.3 Å². The van der Waals surface area contributed by atoms with E-state index in [4.69, 9.17) is 10.5 Å². The molecule has 1 aromatic carbocycles. The number of hydrogen-bond acceptors (Lipinski definition) is 3. The topological polar surface area (TPSA) is 48.1 Å². The van der Waals surface area contributed by atoms with Crippen molar-refractivity contribution in [1.82, 2.24) is 4.98 Å². The highest BCUT2D eigenvalue weighted by Crippen LogP contribution is 2.26. The van der Waals surface area contributed by atoms with Crippen LogP contribution in [0.2, 0.25) is 0 Å². The molecule has 0 aliphatic heterocycles. The summed E-state index contributed by atoms with van der Waals surface area (Å²) < 4.78 is 6.12. The van der Waals surface area contributed by atoms with Gasteiger partial charge < -0.3 is 10.5 Å². The van der Waals surface area contributed by atoms with E-state index in [0.29, 0.717) is 5.92 Å². The predicted molar refractivity (Wildman–Crippen MR) is 86.4 cm³/mol. The molecule has 21 heavy (non-hydrogen) atoms. The van der Waals surface area contributed by atoms with Crippen LogP contribution < -0.4 is 10.5 Å². The molecule has 0 radical (unpaired) electrons. The third-order valence-corrected chi connectivity index (χ3v) is 3.68. The minimum atomic E-state index is -0.173. The van der Waals surface area contributed by atoms with Gasteiger partial charge in [0.05, 0.1) is 0 Å². The van der Waals surface area contributed by atoms with Gasteiger partial charge in [0, 0.05) is 24.0 Å². The van der Waals surface area contributed by atoms with Gasteiger partial charge in [0.1, 0.15) is 11.9 Å². The first-order valence-corrected chi connectivity index (χ1v) is 7.54. The van der Waals surface area contributed by atoms with E-state index in [2.05, 4.69) is 37.9 Å². The third kappa shape index (κ3) is 4.05. The fourth-order valence-electron chi connectivity index (χ4n) is 2.24. The average Bonchev–Trinajstić information content (AvgIpc) is 2.53. The smallest absolute Gasteiger partial charge is 0.140 e. The fourth-order valence-corrected chi connectivity index (χ4v) is 2.24. The second-order valence-electron chi connectivity index (χ2n) is 5.62. The quantitative estimate of drug-likeness (QED) is 0.870. The van der Waals surface area contributed by atoms with E-state index in [9.17, 15) is 0 Å². The number of nitrogens with zero attached hydrogens (tertiary/aromatic N) is 1. The Hall–Kier alpha value is -1.87. The molecule has 3 nitrogen and oxygen atoms in total. The summed E-state index contributed by atoms with van der Waals surface area (Å²) in [6.07, 6.45) is 4.26. The lowest BCUT2D eigenvalue weighted by molar-refractivity contribution is 0.170. The Morgan fingerprint density at radius 3 is 2.33 bits per heavy atom. The molecule has 1 aromatic heterocycles. The van der Waals surface area contributed by atoms with Gasteiger partial charge in [0.25, 0.3) is 0 Å². The van der Waals surface area contributed by atoms with E-state index in [1.807, 2.05) is 30.5 Å². The molecule has 2 unspecified atom stereocenters. The zero-order valence-corrected chi connectivity index (χ0v) is 13.0. The first-order valence-electron chi connectivity index (χ1n) is 7.54. The third-order valence-electron chi connectivity index (χ3n) is 3.68. The van der Waals surface area contributed by atoms with Crippen LogP contribution in [0, 0.1) is 0 Å². The van der Waals surface area contributed by atoms with Crippen molar-refractivity contribution in [3.05, 3.63) is 59.9 Å². The van der Waals surface area contributed by atoms with Crippen LogP contribution in [0.15, 0.2) is 48.8 Å². The summed E-state index contributed by atoms with van der Waals surface area (Å²) in [6, 6.07) is 12.1. The average molecular weight is 284 g/mol. The van der Waals surface area contributed by atoms with Crippen molar-refractivity contribution >= 4 is 0 Å². The number of pyridine rings is 1. The molecule has 2 aromatic rings. The van der Waals surface area contributed by atoms with E-state index >= 15 is 0 Å². The molecule has 112 valence electrons. The van der Waals surface area contributed by atoms with Gasteiger partial charge in [-0.25, -0.2) is 0 Å². The standard InChI is InChI=1S/C18H24N2O/c1-4-17(19)18(15-6-5-11-20-12-15)21-16-9-7-14(8-10-16)13(2)3/h5-13,17-18H,4,19H2,1-3H3. The molecule has 0 aliphatic rings. The lowest BCUT2D eigenvalue weighted by Crippen LogP contribution is -2.31. The Bertz CT molecular complexity index is 537. The molecule has 2 N–H and O–H groups in total. The van der Waals surface area contributed by atoms with Crippen LogP contribution in [-0.4, -0.2) is 11.0 Å². The molecule has 0 amide bonds. The zero-order chi connectivity index (χ0) is 15.2. The van der Waals surface area contributed by atoms with Gasteiger partial charge in [-0.3, -0.25) is 4.98 Å². The first-order chi connectivity index (χ1) is 10.1. The molecule has 3 heteroatoms. The van der Waals surface area contributed by atoms with Gasteiger partial charge in [-0.2, -0.15) is 0 Å². The van der Waals surface area contributed by atoms with Crippen LogP contribution in [0.25, 0.3) is 0 Å². The Morgan fingerprint density at radius 1 is 1.10 bits per heavy atom. The zero-order valence-electron chi connectivity index (χ0n) is 13.0. The second kappa shape index (κ2) is 7.23. The molecule has 0 spiro atoms. The van der Waals surface area contributed by atoms with Gasteiger partial charge in [0.2, 0.25) is 0 Å². The lowest BCUT2D eigenvalue weighted by Gasteiger charge is -2.24. The Kier molecular flexibility index (Phi) is 5.34. The number of benzene rings is 1. The van der Waals surface area contributed by atoms with Crippen LogP contribution in [0.1, 0.15) is 50.3 Å². The monoisotopic (exact) mass is 284 g/mol. The molecule has 0 aliphatic carbocycles. The molecule has 0 saturated heterocycles. The highest BCUT2D eigenvalue weighted by atomic mass is 16.5. The number of nitrogens with two attached hydrogens (primary N) is 1. The van der Waals surface area contributed by atoms with E-state index in [-0.39, 0.29) is 12.1 Å². The number of rotatable bonds is 6. The maximum atomic E-state index is 6.22. The molecule has 0 bridgehead atoms. The maximum Gasteiger partial charge on any atom is 0.140 e. The normalized spacial score (nSPS) is 14.0. The molecule has 2 rings (SSSR count). The summed E-state index contributed by atoms with van der Waals surface area (Å²) in [7, 11) is 0. The minimum absolute atomic E-state index is 0.0565. The molecular weight excluding hydrogens is 260 g/mol. The Balaban J connectivity index is 2.19. The van der Waals surface area contributed by atoms with Crippen molar-refractivity contribution < 1.29 is 4.74 Å². The van der Waals surface area contributed by atoms with Crippen molar-refractivity contribution in [3.63, 3.8) is 0 Å². The predicted octanol–water partition coefficient (Wildman–Crippen LogP) is 4.06. The van der Waals surface area contributed by atoms with Gasteiger partial charge >= 0.3 is 0 Å². The highest BCUT2D eigenvalue weighted by Gasteiger charge is 2.20. The van der Waals surface area contributed by atoms with Gasteiger partial charge in [0.15, 0.2) is 0 Å². The number of hydrogen-bond donors (Lipinski definition) is 1. The van der Waals surface area contributed by atoms with Gasteiger partial charge in [-0.1, -0.05) is 39.0 Å². The van der Waals surface area contributed by atoms with E-state index in [0.717, 1.165) is 17.7 Å². The maximum absolute atomic E-state index is 6.22. The molecule has 0 fully saturated rings. The van der Waals surface area contributed by atoms with Crippen molar-refractivity contribution in [2.75, 3.05) is 0 Å².